The number of nitrogens with two attached hydrogens (primary N) is 2. The van der Waals surface area contributed by atoms with Gasteiger partial charge in [-0.3, -0.25) is 4.79 Å². The van der Waals surface area contributed by atoms with Crippen molar-refractivity contribution >= 4 is 28.2 Å². The molecule has 0 saturated heterocycles. The molecule has 0 unspecified atom stereocenters. The van der Waals surface area contributed by atoms with E-state index in [1.807, 2.05) is 6.07 Å². The van der Waals surface area contributed by atoms with Crippen LogP contribution in [0.2, 0.25) is 0 Å². The van der Waals surface area contributed by atoms with Gasteiger partial charge in [0.2, 0.25) is 6.41 Å². The number of nitrogen functional groups attached to an aromatic ring is 1. The van der Waals surface area contributed by atoms with Crippen LogP contribution in [0.1, 0.15) is 38.5 Å². The van der Waals surface area contributed by atoms with E-state index in [0.29, 0.717) is 5.82 Å². The Balaban J connectivity index is 0.000000252. The van der Waals surface area contributed by atoms with Crippen LogP contribution in [0.15, 0.2) is 22.8 Å². The van der Waals surface area contributed by atoms with Gasteiger partial charge in [0.1, 0.15) is 5.82 Å². The average Bonchev–Trinajstić information content (AvgIpc) is 2.37. The van der Waals surface area contributed by atoms with E-state index in [-0.39, 0.29) is 6.41 Å². The maximum absolute atomic E-state index is 8.58. The van der Waals surface area contributed by atoms with Gasteiger partial charge in [0.05, 0.1) is 0 Å². The highest BCUT2D eigenvalue weighted by atomic mass is 79.9. The van der Waals surface area contributed by atoms with Crippen LogP contribution in [0.5, 0.6) is 0 Å². The Kier molecular flexibility index (Phi) is 10.7. The number of anilines is 1. The molecule has 1 aliphatic carbocycles. The summed E-state index contributed by atoms with van der Waals surface area (Å²) in [5.74, 6) is 0.549. The van der Waals surface area contributed by atoms with Gasteiger partial charge in [-0.2, -0.15) is 0 Å². The number of nitrogens with zero attached hydrogens (tertiary/aromatic N) is 1. The summed E-state index contributed by atoms with van der Waals surface area (Å²) in [6.45, 7) is 0. The van der Waals surface area contributed by atoms with Crippen molar-refractivity contribution in [2.75, 3.05) is 5.73 Å². The number of hydrogen-bond acceptors (Lipinski definition) is 3. The van der Waals surface area contributed by atoms with Crippen molar-refractivity contribution in [3.05, 3.63) is 22.8 Å². The molecule has 1 saturated carbocycles. The molecule has 0 aliphatic heterocycles. The summed E-state index contributed by atoms with van der Waals surface area (Å²) in [5.41, 5.74) is 9.46. The molecule has 4 N–H and O–H groups in total. The third kappa shape index (κ3) is 11.2. The van der Waals surface area contributed by atoms with Gasteiger partial charge in [0, 0.05) is 10.7 Å². The normalized spacial score (nSPS) is 13.5. The first-order chi connectivity index (χ1) is 8.20. The maximum atomic E-state index is 8.58. The van der Waals surface area contributed by atoms with Crippen molar-refractivity contribution in [3.63, 3.8) is 0 Å². The van der Waals surface area contributed by atoms with Crippen LogP contribution in [0.4, 0.5) is 5.82 Å². The standard InChI is InChI=1S/C6H12.C5H5BrN2.CH3NO/c1-2-4-6-5-3-1;6-4-1-2-5(7)8-3-4;2-1-3/h1-6H2;1-3H,(H2,7,8);1H,(H2,2,3). The third-order valence-corrected chi connectivity index (χ3v) is 2.72. The van der Waals surface area contributed by atoms with Gasteiger partial charge >= 0.3 is 0 Å². The molecule has 1 aromatic rings. The fourth-order valence-corrected chi connectivity index (χ4v) is 1.68. The molecule has 0 bridgehead atoms. The number of carbonyl (C=O) groups is 1. The summed E-state index contributed by atoms with van der Waals surface area (Å²) in [4.78, 5) is 12.4. The Hall–Kier alpha value is -1.10. The van der Waals surface area contributed by atoms with Gasteiger partial charge in [0.25, 0.3) is 0 Å². The van der Waals surface area contributed by atoms with E-state index in [0.717, 1.165) is 4.47 Å². The zero-order valence-electron chi connectivity index (χ0n) is 9.94. The van der Waals surface area contributed by atoms with Crippen LogP contribution < -0.4 is 11.5 Å². The highest BCUT2D eigenvalue weighted by Gasteiger charge is 1.95. The molecule has 0 radical (unpaired) electrons. The fourth-order valence-electron chi connectivity index (χ4n) is 1.45. The molecule has 0 atom stereocenters. The highest BCUT2D eigenvalue weighted by Crippen LogP contribution is 2.15. The second-order valence-corrected chi connectivity index (χ2v) is 4.57. The number of primary amides is 1. The van der Waals surface area contributed by atoms with Gasteiger partial charge in [0.15, 0.2) is 0 Å². The minimum absolute atomic E-state index is 0.250. The van der Waals surface area contributed by atoms with Gasteiger partial charge in [-0.1, -0.05) is 38.5 Å². The molecule has 5 heteroatoms. The number of amides is 1. The molecule has 1 aromatic heterocycles. The second kappa shape index (κ2) is 11.4. The van der Waals surface area contributed by atoms with Crippen molar-refractivity contribution in [2.45, 2.75) is 38.5 Å². The first kappa shape index (κ1) is 15.9. The molecule has 0 spiro atoms. The summed E-state index contributed by atoms with van der Waals surface area (Å²) < 4.78 is 0.951. The molecule has 1 heterocycles. The van der Waals surface area contributed by atoms with E-state index in [1.54, 1.807) is 12.3 Å². The van der Waals surface area contributed by atoms with Crippen molar-refractivity contribution < 1.29 is 4.79 Å². The summed E-state index contributed by atoms with van der Waals surface area (Å²) in [5, 5.41) is 0. The maximum Gasteiger partial charge on any atom is 0.204 e. The fraction of sp³-hybridized carbons (Fsp3) is 0.500. The number of halogens is 1. The number of aromatic nitrogens is 1. The van der Waals surface area contributed by atoms with Crippen LogP contribution in [0, 0.1) is 0 Å². The minimum Gasteiger partial charge on any atom is -0.384 e. The Morgan fingerprint density at radius 1 is 1.12 bits per heavy atom. The molecule has 4 nitrogen and oxygen atoms in total. The smallest absolute Gasteiger partial charge is 0.204 e. The highest BCUT2D eigenvalue weighted by molar-refractivity contribution is 9.10. The van der Waals surface area contributed by atoms with Gasteiger partial charge < -0.3 is 11.5 Å². The van der Waals surface area contributed by atoms with E-state index >= 15 is 0 Å². The Morgan fingerprint density at radius 3 is 1.76 bits per heavy atom. The van der Waals surface area contributed by atoms with Crippen molar-refractivity contribution in [2.24, 2.45) is 5.73 Å². The number of carbonyl (C=O) groups excluding carboxylic acids is 1. The molecule has 1 amide bonds. The van der Waals surface area contributed by atoms with E-state index in [1.165, 1.54) is 38.5 Å². The van der Waals surface area contributed by atoms with Gasteiger partial charge in [-0.05, 0) is 28.1 Å². The summed E-state index contributed by atoms with van der Waals surface area (Å²) in [6.07, 6.45) is 10.9. The van der Waals surface area contributed by atoms with Crippen molar-refractivity contribution in [1.82, 2.24) is 4.98 Å². The second-order valence-electron chi connectivity index (χ2n) is 3.66. The van der Waals surface area contributed by atoms with Gasteiger partial charge in [-0.25, -0.2) is 4.98 Å². The lowest BCUT2D eigenvalue weighted by molar-refractivity contribution is -0.106. The van der Waals surface area contributed by atoms with E-state index in [4.69, 9.17) is 10.5 Å². The first-order valence-electron chi connectivity index (χ1n) is 5.73. The Bertz CT molecular complexity index is 254. The van der Waals surface area contributed by atoms with Crippen LogP contribution in [0.3, 0.4) is 0 Å². The largest absolute Gasteiger partial charge is 0.384 e. The van der Waals surface area contributed by atoms with Crippen LogP contribution >= 0.6 is 15.9 Å². The van der Waals surface area contributed by atoms with Crippen LogP contribution in [0.25, 0.3) is 0 Å². The van der Waals surface area contributed by atoms with Crippen molar-refractivity contribution in [3.8, 4) is 0 Å². The number of rotatable bonds is 0. The summed E-state index contributed by atoms with van der Waals surface area (Å²) >= 11 is 3.23. The minimum atomic E-state index is 0.250. The third-order valence-electron chi connectivity index (χ3n) is 2.25. The first-order valence-corrected chi connectivity index (χ1v) is 6.52. The monoisotopic (exact) mass is 301 g/mol. The molecule has 1 fully saturated rings. The molecular weight excluding hydrogens is 282 g/mol. The van der Waals surface area contributed by atoms with Crippen molar-refractivity contribution in [1.29, 1.82) is 0 Å². The zero-order chi connectivity index (χ0) is 12.9. The molecular formula is C12H20BrN3O. The summed E-state index contributed by atoms with van der Waals surface area (Å²) in [7, 11) is 0. The van der Waals surface area contributed by atoms with Gasteiger partial charge in [-0.15, -0.1) is 0 Å². The quantitative estimate of drug-likeness (QED) is 0.723. The van der Waals surface area contributed by atoms with E-state index < -0.39 is 0 Å². The topological polar surface area (TPSA) is 82.0 Å². The number of hydrogen-bond donors (Lipinski definition) is 2. The molecule has 1 aliphatic rings. The summed E-state index contributed by atoms with van der Waals surface area (Å²) in [6, 6.07) is 3.59. The molecule has 2 rings (SSSR count). The van der Waals surface area contributed by atoms with E-state index in [9.17, 15) is 0 Å². The number of pyridine rings is 1. The molecule has 96 valence electrons. The SMILES string of the molecule is C1CCCCC1.NC=O.Nc1ccc(Br)cn1. The molecule has 0 aromatic carbocycles. The predicted octanol–water partition coefficient (Wildman–Crippen LogP) is 2.87. The van der Waals surface area contributed by atoms with Crippen LogP contribution in [-0.4, -0.2) is 11.4 Å². The zero-order valence-corrected chi connectivity index (χ0v) is 11.5. The lowest BCUT2D eigenvalue weighted by atomic mass is 10.0. The molecule has 17 heavy (non-hydrogen) atoms. The lowest BCUT2D eigenvalue weighted by Crippen LogP contribution is -1.86. The Morgan fingerprint density at radius 2 is 1.53 bits per heavy atom. The Labute approximate surface area is 111 Å². The van der Waals surface area contributed by atoms with Crippen LogP contribution in [-0.2, 0) is 4.79 Å². The predicted molar refractivity (Wildman–Crippen MR) is 74.3 cm³/mol. The average molecular weight is 302 g/mol. The lowest BCUT2D eigenvalue weighted by Gasteiger charge is -2.05. The van der Waals surface area contributed by atoms with E-state index in [2.05, 4.69) is 26.6 Å².